The molecule has 0 spiro atoms. The lowest BCUT2D eigenvalue weighted by Crippen LogP contribution is -2.28. The van der Waals surface area contributed by atoms with Crippen molar-refractivity contribution in [1.82, 2.24) is 15.3 Å². The van der Waals surface area contributed by atoms with Crippen LogP contribution in [0.2, 0.25) is 0 Å². The smallest absolute Gasteiger partial charge is 0.358 e. The summed E-state index contributed by atoms with van der Waals surface area (Å²) in [7, 11) is 0. The average Bonchev–Trinajstić information content (AvgIpc) is 2.66. The Morgan fingerprint density at radius 1 is 1.22 bits per heavy atom. The van der Waals surface area contributed by atoms with E-state index in [9.17, 15) is 9.90 Å². The van der Waals surface area contributed by atoms with Gasteiger partial charge in [0.15, 0.2) is 11.4 Å². The van der Waals surface area contributed by atoms with E-state index in [0.717, 1.165) is 37.9 Å². The van der Waals surface area contributed by atoms with Crippen LogP contribution >= 0.6 is 12.4 Å². The van der Waals surface area contributed by atoms with E-state index in [1.165, 1.54) is 0 Å². The number of aromatic nitrogens is 2. The molecule has 1 aromatic heterocycles. The van der Waals surface area contributed by atoms with Gasteiger partial charge in [-0.15, -0.1) is 12.4 Å². The number of hydrogen-bond acceptors (Lipinski definition) is 5. The van der Waals surface area contributed by atoms with Crippen LogP contribution in [0.4, 0.5) is 0 Å². The molecule has 0 radical (unpaired) electrons. The van der Waals surface area contributed by atoms with Crippen LogP contribution in [0.15, 0.2) is 30.3 Å². The zero-order valence-electron chi connectivity index (χ0n) is 15.5. The summed E-state index contributed by atoms with van der Waals surface area (Å²) in [5.74, 6) is 0.418. The molecule has 27 heavy (non-hydrogen) atoms. The molecule has 3 rings (SSSR count). The highest BCUT2D eigenvalue weighted by Crippen LogP contribution is 2.24. The summed E-state index contributed by atoms with van der Waals surface area (Å²) in [6.07, 6.45) is 4.00. The molecule has 2 aromatic rings. The fraction of sp³-hybridized carbons (Fsp3) is 0.450. The van der Waals surface area contributed by atoms with E-state index in [1.54, 1.807) is 6.92 Å². The highest BCUT2D eigenvalue weighted by atomic mass is 35.5. The number of carbonyl (C=O) groups is 1. The maximum absolute atomic E-state index is 11.7. The number of hydrogen-bond donors (Lipinski definition) is 2. The third-order valence-electron chi connectivity index (χ3n) is 4.74. The van der Waals surface area contributed by atoms with Crippen LogP contribution in [0.25, 0.3) is 0 Å². The molecule has 2 N–H and O–H groups in total. The Morgan fingerprint density at radius 2 is 1.93 bits per heavy atom. The Hall–Kier alpha value is -2.18. The second-order valence-electron chi connectivity index (χ2n) is 6.71. The summed E-state index contributed by atoms with van der Waals surface area (Å²) < 4.78 is 5.75. The third-order valence-corrected chi connectivity index (χ3v) is 4.74. The minimum absolute atomic E-state index is 0. The van der Waals surface area contributed by atoms with Gasteiger partial charge in [0.05, 0.1) is 5.69 Å². The number of nitrogens with zero attached hydrogens (tertiary/aromatic N) is 2. The van der Waals surface area contributed by atoms with Gasteiger partial charge in [-0.05, 0) is 50.8 Å². The molecule has 1 aliphatic rings. The van der Waals surface area contributed by atoms with Gasteiger partial charge in [0.2, 0.25) is 0 Å². The van der Waals surface area contributed by atoms with Crippen molar-refractivity contribution in [1.29, 1.82) is 0 Å². The van der Waals surface area contributed by atoms with E-state index < -0.39 is 5.97 Å². The molecule has 1 saturated heterocycles. The maximum atomic E-state index is 11.7. The Kier molecular flexibility index (Phi) is 8.00. The van der Waals surface area contributed by atoms with Crippen LogP contribution in [0, 0.1) is 12.8 Å². The molecule has 1 aliphatic heterocycles. The molecule has 1 fully saturated rings. The highest BCUT2D eigenvalue weighted by Gasteiger charge is 2.20. The number of benzene rings is 1. The van der Waals surface area contributed by atoms with Crippen molar-refractivity contribution in [2.45, 2.75) is 39.2 Å². The van der Waals surface area contributed by atoms with Gasteiger partial charge < -0.3 is 15.2 Å². The molecule has 1 aromatic carbocycles. The van der Waals surface area contributed by atoms with Crippen LogP contribution in [-0.4, -0.2) is 34.1 Å². The first-order valence-electron chi connectivity index (χ1n) is 9.11. The predicted octanol–water partition coefficient (Wildman–Crippen LogP) is 3.42. The Balaban J connectivity index is 0.00000261. The summed E-state index contributed by atoms with van der Waals surface area (Å²) in [6, 6.07) is 9.64. The first-order valence-corrected chi connectivity index (χ1v) is 9.11. The van der Waals surface area contributed by atoms with Crippen LogP contribution in [0.1, 0.15) is 46.8 Å². The van der Waals surface area contributed by atoms with Gasteiger partial charge in [-0.2, -0.15) is 0 Å². The van der Waals surface area contributed by atoms with Gasteiger partial charge >= 0.3 is 5.97 Å². The number of carboxylic acid groups (broad SMARTS) is 1. The summed E-state index contributed by atoms with van der Waals surface area (Å²) in [6.45, 7) is 4.18. The molecule has 0 atom stereocenters. The zero-order valence-corrected chi connectivity index (χ0v) is 16.3. The third kappa shape index (κ3) is 5.91. The Morgan fingerprint density at radius 3 is 2.59 bits per heavy atom. The quantitative estimate of drug-likeness (QED) is 0.752. The molecule has 146 valence electrons. The monoisotopic (exact) mass is 391 g/mol. The molecule has 7 heteroatoms. The van der Waals surface area contributed by atoms with E-state index in [1.807, 2.05) is 30.3 Å². The van der Waals surface area contributed by atoms with E-state index >= 15 is 0 Å². The van der Waals surface area contributed by atoms with Crippen molar-refractivity contribution in [3.63, 3.8) is 0 Å². The Bertz CT molecular complexity index is 750. The largest absolute Gasteiger partial charge is 0.484 e. The van der Waals surface area contributed by atoms with Crippen molar-refractivity contribution < 1.29 is 14.6 Å². The fourth-order valence-electron chi connectivity index (χ4n) is 3.28. The van der Waals surface area contributed by atoms with Gasteiger partial charge in [0, 0.05) is 6.42 Å². The molecule has 0 unspecified atom stereocenters. The maximum Gasteiger partial charge on any atom is 0.358 e. The molecule has 0 bridgehead atoms. The minimum Gasteiger partial charge on any atom is -0.484 e. The van der Waals surface area contributed by atoms with E-state index in [4.69, 9.17) is 4.74 Å². The van der Waals surface area contributed by atoms with Gasteiger partial charge in [-0.3, -0.25) is 0 Å². The highest BCUT2D eigenvalue weighted by molar-refractivity contribution is 5.88. The summed E-state index contributed by atoms with van der Waals surface area (Å²) in [5.41, 5.74) is 1.50. The number of aryl methyl sites for hydroxylation is 2. The van der Waals surface area contributed by atoms with E-state index in [-0.39, 0.29) is 23.9 Å². The number of carboxylic acids is 1. The molecule has 6 nitrogen and oxygen atoms in total. The number of ether oxygens (including phenoxy) is 1. The van der Waals surface area contributed by atoms with Crippen molar-refractivity contribution in [3.8, 4) is 5.75 Å². The summed E-state index contributed by atoms with van der Waals surface area (Å²) in [5, 5.41) is 12.9. The lowest BCUT2D eigenvalue weighted by Gasteiger charge is -2.22. The fourth-order valence-corrected chi connectivity index (χ4v) is 3.28. The summed E-state index contributed by atoms with van der Waals surface area (Å²) in [4.78, 5) is 20.4. The predicted molar refractivity (Wildman–Crippen MR) is 106 cm³/mol. The number of nitrogens with one attached hydrogen (secondary N) is 1. The van der Waals surface area contributed by atoms with E-state index in [2.05, 4.69) is 15.3 Å². The van der Waals surface area contributed by atoms with Crippen molar-refractivity contribution in [3.05, 3.63) is 53.1 Å². The number of aromatic carboxylic acids is 1. The van der Waals surface area contributed by atoms with Crippen molar-refractivity contribution >= 4 is 18.4 Å². The minimum atomic E-state index is -1.08. The second kappa shape index (κ2) is 10.2. The van der Waals surface area contributed by atoms with Gasteiger partial charge in [0.1, 0.15) is 12.4 Å². The van der Waals surface area contributed by atoms with Crippen LogP contribution in [-0.2, 0) is 13.0 Å². The van der Waals surface area contributed by atoms with Crippen molar-refractivity contribution in [2.24, 2.45) is 5.92 Å². The van der Waals surface area contributed by atoms with Crippen LogP contribution < -0.4 is 10.1 Å². The molecular weight excluding hydrogens is 366 g/mol. The number of piperidine rings is 1. The second-order valence-corrected chi connectivity index (χ2v) is 6.71. The molecule has 0 saturated carbocycles. The first kappa shape index (κ1) is 21.1. The van der Waals surface area contributed by atoms with Crippen LogP contribution in [0.3, 0.4) is 0 Å². The number of rotatable bonds is 7. The number of halogens is 1. The topological polar surface area (TPSA) is 84.3 Å². The van der Waals surface area contributed by atoms with Crippen LogP contribution in [0.5, 0.6) is 5.75 Å². The van der Waals surface area contributed by atoms with Gasteiger partial charge in [-0.25, -0.2) is 14.8 Å². The normalized spacial score (nSPS) is 14.4. The summed E-state index contributed by atoms with van der Waals surface area (Å²) >= 11 is 0. The first-order chi connectivity index (χ1) is 12.6. The molecule has 2 heterocycles. The van der Waals surface area contributed by atoms with Crippen molar-refractivity contribution in [2.75, 3.05) is 13.1 Å². The molecule has 0 amide bonds. The molecular formula is C20H26ClN3O3. The lowest BCUT2D eigenvalue weighted by molar-refractivity contribution is 0.0683. The zero-order chi connectivity index (χ0) is 18.4. The Labute approximate surface area is 165 Å². The van der Waals surface area contributed by atoms with E-state index in [0.29, 0.717) is 30.5 Å². The van der Waals surface area contributed by atoms with Gasteiger partial charge in [0.25, 0.3) is 0 Å². The standard InChI is InChI=1S/C20H25N3O3.ClH/c1-14-19(26-13-16-5-3-2-4-6-16)18(20(24)25)23-17(22-14)8-7-15-9-11-21-12-10-15;/h2-6,15,21H,7-13H2,1H3,(H,24,25);1H. The van der Waals surface area contributed by atoms with Gasteiger partial charge in [-0.1, -0.05) is 30.3 Å². The molecule has 0 aliphatic carbocycles. The lowest BCUT2D eigenvalue weighted by atomic mass is 9.93. The SMILES string of the molecule is Cc1nc(CCC2CCNCC2)nc(C(=O)O)c1OCc1ccccc1.Cl. The average molecular weight is 392 g/mol.